The van der Waals surface area contributed by atoms with Crippen molar-refractivity contribution in [3.05, 3.63) is 47.8 Å². The third kappa shape index (κ3) is 6.48. The molecule has 212 valence electrons. The quantitative estimate of drug-likeness (QED) is 0.331. The van der Waals surface area contributed by atoms with Crippen molar-refractivity contribution in [2.75, 3.05) is 19.0 Å². The Morgan fingerprint density at radius 1 is 1.30 bits per heavy atom. The average molecular weight is 552 g/mol. The second-order valence-electron chi connectivity index (χ2n) is 11.0. The Hall–Kier alpha value is -4.24. The minimum absolute atomic E-state index is 0.00000747. The van der Waals surface area contributed by atoms with Crippen molar-refractivity contribution in [1.82, 2.24) is 25.2 Å². The van der Waals surface area contributed by atoms with E-state index in [1.807, 2.05) is 19.1 Å². The van der Waals surface area contributed by atoms with Crippen LogP contribution in [0.15, 0.2) is 36.7 Å². The van der Waals surface area contributed by atoms with E-state index in [0.29, 0.717) is 35.5 Å². The van der Waals surface area contributed by atoms with E-state index in [1.54, 1.807) is 16.6 Å². The van der Waals surface area contributed by atoms with Crippen molar-refractivity contribution in [3.63, 3.8) is 0 Å². The van der Waals surface area contributed by atoms with Gasteiger partial charge >= 0.3 is 6.09 Å². The lowest BCUT2D eigenvalue weighted by atomic mass is 9.80. The summed E-state index contributed by atoms with van der Waals surface area (Å²) in [7, 11) is 1.33. The molecule has 0 unspecified atom stereocenters. The Morgan fingerprint density at radius 2 is 2.02 bits per heavy atom. The molecule has 4 N–H and O–H groups in total. The highest BCUT2D eigenvalue weighted by Gasteiger charge is 2.33. The number of anilines is 1. The minimum atomic E-state index is -1.66. The van der Waals surface area contributed by atoms with Gasteiger partial charge in [0.2, 0.25) is 0 Å². The number of aliphatic hydroxyl groups is 1. The summed E-state index contributed by atoms with van der Waals surface area (Å²) < 4.78 is 20.7. The summed E-state index contributed by atoms with van der Waals surface area (Å²) in [5.41, 5.74) is 1.11. The lowest BCUT2D eigenvalue weighted by Crippen LogP contribution is -2.49. The van der Waals surface area contributed by atoms with Crippen LogP contribution in [0.5, 0.6) is 0 Å². The number of alkyl carbamates (subject to hydrolysis) is 1. The van der Waals surface area contributed by atoms with E-state index in [1.165, 1.54) is 33.4 Å². The van der Waals surface area contributed by atoms with Crippen molar-refractivity contribution < 1.29 is 23.8 Å². The van der Waals surface area contributed by atoms with Crippen molar-refractivity contribution in [2.24, 2.45) is 0 Å². The van der Waals surface area contributed by atoms with E-state index < -0.39 is 29.3 Å². The first-order valence-corrected chi connectivity index (χ1v) is 13.1. The van der Waals surface area contributed by atoms with E-state index in [4.69, 9.17) is 4.74 Å². The molecule has 1 saturated carbocycles. The normalized spacial score (nSPS) is 19.9. The molecule has 40 heavy (non-hydrogen) atoms. The van der Waals surface area contributed by atoms with Gasteiger partial charge < -0.3 is 25.8 Å². The summed E-state index contributed by atoms with van der Waals surface area (Å²) in [6, 6.07) is 9.20. The first-order valence-electron chi connectivity index (χ1n) is 13.1. The Labute approximate surface area is 231 Å². The highest BCUT2D eigenvalue weighted by Crippen LogP contribution is 2.32. The van der Waals surface area contributed by atoms with E-state index in [-0.39, 0.29) is 18.2 Å². The fourth-order valence-electron chi connectivity index (χ4n) is 4.72. The van der Waals surface area contributed by atoms with Crippen molar-refractivity contribution in [1.29, 1.82) is 5.26 Å². The van der Waals surface area contributed by atoms with Crippen LogP contribution in [0.1, 0.15) is 62.4 Å². The number of halogens is 1. The number of alkyl halides is 1. The molecule has 11 nitrogen and oxygen atoms in total. The number of amides is 2. The number of nitrogens with zero attached hydrogens (tertiary/aromatic N) is 4. The van der Waals surface area contributed by atoms with Gasteiger partial charge in [0.1, 0.15) is 12.2 Å². The second kappa shape index (κ2) is 11.5. The molecule has 0 aromatic carbocycles. The Kier molecular flexibility index (Phi) is 8.25. The third-order valence-electron chi connectivity index (χ3n) is 7.29. The van der Waals surface area contributed by atoms with Gasteiger partial charge in [-0.25, -0.2) is 13.7 Å². The molecule has 2 amide bonds. The molecule has 1 fully saturated rings. The fraction of sp³-hybridized carbons (Fsp3) is 0.464. The van der Waals surface area contributed by atoms with Crippen LogP contribution < -0.4 is 16.0 Å². The van der Waals surface area contributed by atoms with Crippen LogP contribution in [0, 0.1) is 11.3 Å². The van der Waals surface area contributed by atoms with E-state index in [0.717, 1.165) is 18.4 Å². The zero-order valence-corrected chi connectivity index (χ0v) is 23.0. The number of aromatic nitrogens is 3. The van der Waals surface area contributed by atoms with E-state index in [9.17, 15) is 24.3 Å². The van der Waals surface area contributed by atoms with Crippen LogP contribution in [0.3, 0.4) is 0 Å². The topological polar surface area (TPSA) is 154 Å². The number of hydrogen-bond donors (Lipinski definition) is 4. The molecule has 3 heterocycles. The van der Waals surface area contributed by atoms with Crippen molar-refractivity contribution in [3.8, 4) is 17.5 Å². The number of nitrogens with one attached hydrogen (secondary N) is 3. The maximum absolute atomic E-state index is 14.3. The maximum Gasteiger partial charge on any atom is 0.407 e. The fourth-order valence-corrected chi connectivity index (χ4v) is 4.72. The average Bonchev–Trinajstić information content (AvgIpc) is 3.35. The number of nitriles is 1. The molecule has 0 aliphatic heterocycles. The Bertz CT molecular complexity index is 1430. The van der Waals surface area contributed by atoms with Gasteiger partial charge in [-0.2, -0.15) is 10.4 Å². The summed E-state index contributed by atoms with van der Waals surface area (Å²) in [4.78, 5) is 29.4. The summed E-state index contributed by atoms with van der Waals surface area (Å²) in [5.74, 6) is -0.529. The number of carbonyl (C=O) groups excluding carboxylic acids is 2. The number of carbonyl (C=O) groups is 2. The molecule has 0 spiro atoms. The first kappa shape index (κ1) is 28.8. The van der Waals surface area contributed by atoms with Gasteiger partial charge in [-0.3, -0.25) is 9.78 Å². The summed E-state index contributed by atoms with van der Waals surface area (Å²) in [5, 5.41) is 32.4. The zero-order chi connectivity index (χ0) is 29.1. The highest BCUT2D eigenvalue weighted by atomic mass is 19.1. The lowest BCUT2D eigenvalue weighted by Gasteiger charge is -2.38. The molecule has 3 aromatic rings. The number of hydrogen-bond acceptors (Lipinski definition) is 8. The van der Waals surface area contributed by atoms with Gasteiger partial charge in [0.05, 0.1) is 59.2 Å². The van der Waals surface area contributed by atoms with Crippen LogP contribution in [0.2, 0.25) is 0 Å². The van der Waals surface area contributed by atoms with Gasteiger partial charge in [0.15, 0.2) is 0 Å². The van der Waals surface area contributed by atoms with Gasteiger partial charge in [0, 0.05) is 17.8 Å². The van der Waals surface area contributed by atoms with E-state index in [2.05, 4.69) is 32.1 Å². The molecule has 4 rings (SSSR count). The molecule has 1 aliphatic rings. The van der Waals surface area contributed by atoms with Gasteiger partial charge in [0.25, 0.3) is 5.91 Å². The van der Waals surface area contributed by atoms with Gasteiger partial charge in [-0.15, -0.1) is 0 Å². The molecule has 0 bridgehead atoms. The summed E-state index contributed by atoms with van der Waals surface area (Å²) in [6.45, 7) is 4.30. The smallest absolute Gasteiger partial charge is 0.407 e. The maximum atomic E-state index is 14.3. The van der Waals surface area contributed by atoms with Crippen LogP contribution in [-0.2, 0) is 4.74 Å². The summed E-state index contributed by atoms with van der Waals surface area (Å²) in [6.07, 6.45) is 3.60. The molecule has 3 aromatic heterocycles. The summed E-state index contributed by atoms with van der Waals surface area (Å²) >= 11 is 0. The number of ether oxygens (including phenoxy) is 1. The number of methoxy groups -OCH3 is 1. The highest BCUT2D eigenvalue weighted by molar-refractivity contribution is 6.00. The minimum Gasteiger partial charge on any atom is -0.453 e. The lowest BCUT2D eigenvalue weighted by molar-refractivity contribution is -0.00178. The molecular formula is C28H34FN7O4. The molecular weight excluding hydrogens is 517 g/mol. The molecule has 1 aliphatic carbocycles. The third-order valence-corrected chi connectivity index (χ3v) is 7.29. The Balaban J connectivity index is 1.61. The van der Waals surface area contributed by atoms with Crippen LogP contribution in [0.25, 0.3) is 16.9 Å². The standard InChI is InChI=1S/C28H34FN7O4/c1-27(2,39)24(29)16-32-25(37)20-15-31-22(23-6-5-19-11-17(13-30)14-33-36(19)23)12-21(20)34-18-7-9-28(3,10-8-18)35-26(38)40-4/h5-6,11-12,14-15,18,24,39H,7-10,16H2,1-4H3,(H,31,34)(H,32,37)(H,35,38)/t18-,24-,28+/m1/s1. The second-order valence-corrected chi connectivity index (χ2v) is 11.0. The Morgan fingerprint density at radius 3 is 2.67 bits per heavy atom. The first-order chi connectivity index (χ1) is 18.9. The zero-order valence-electron chi connectivity index (χ0n) is 23.0. The largest absolute Gasteiger partial charge is 0.453 e. The predicted octanol–water partition coefficient (Wildman–Crippen LogP) is 3.58. The number of pyridine rings is 1. The van der Waals surface area contributed by atoms with Crippen molar-refractivity contribution >= 4 is 23.2 Å². The van der Waals surface area contributed by atoms with Crippen LogP contribution in [-0.4, -0.2) is 68.7 Å². The molecule has 0 saturated heterocycles. The van der Waals surface area contributed by atoms with Crippen LogP contribution >= 0.6 is 0 Å². The van der Waals surface area contributed by atoms with E-state index >= 15 is 0 Å². The van der Waals surface area contributed by atoms with Gasteiger partial charge in [-0.05, 0) is 70.7 Å². The molecule has 1 atom stereocenters. The van der Waals surface area contributed by atoms with Gasteiger partial charge in [-0.1, -0.05) is 0 Å². The van der Waals surface area contributed by atoms with Crippen molar-refractivity contribution in [2.45, 2.75) is 69.8 Å². The number of fused-ring (bicyclic) bond motifs is 1. The molecule has 0 radical (unpaired) electrons. The monoisotopic (exact) mass is 551 g/mol. The molecule has 12 heteroatoms. The van der Waals surface area contributed by atoms with Crippen LogP contribution in [0.4, 0.5) is 14.9 Å². The number of rotatable bonds is 8. The predicted molar refractivity (Wildman–Crippen MR) is 146 cm³/mol. The SMILES string of the molecule is COC(=O)N[C@]1(C)CC[C@H](Nc2cc(-c3ccc4cc(C#N)cnn34)ncc2C(=O)NC[C@@H](F)C(C)(C)O)CC1.